The number of hydrogen-bond acceptors (Lipinski definition) is 3. The second kappa shape index (κ2) is 5.47. The van der Waals surface area contributed by atoms with Crippen molar-refractivity contribution in [3.8, 4) is 0 Å². The normalized spacial score (nSPS) is 22.5. The van der Waals surface area contributed by atoms with Crippen molar-refractivity contribution >= 4 is 5.91 Å². The van der Waals surface area contributed by atoms with E-state index in [1.807, 2.05) is 11.8 Å². The van der Waals surface area contributed by atoms with Crippen LogP contribution in [0.1, 0.15) is 20.3 Å². The smallest absolute Gasteiger partial charge is 0.239 e. The standard InChI is InChI=1S/C11H23N3O/c1-4-9(2)10(12)11(15)14-7-5-13(3)6-8-14/h9-10H,4-8,12H2,1-3H3/t9-,10-/m1/s1. The molecule has 1 amide bonds. The van der Waals surface area contributed by atoms with E-state index in [9.17, 15) is 4.79 Å². The molecule has 0 unspecified atom stereocenters. The Hall–Kier alpha value is -0.610. The number of carbonyl (C=O) groups excluding carboxylic acids is 1. The van der Waals surface area contributed by atoms with Gasteiger partial charge in [-0.2, -0.15) is 0 Å². The first-order chi connectivity index (χ1) is 7.06. The molecule has 1 fully saturated rings. The molecule has 1 aliphatic rings. The van der Waals surface area contributed by atoms with E-state index < -0.39 is 0 Å². The molecule has 4 nitrogen and oxygen atoms in total. The number of nitrogens with two attached hydrogens (primary N) is 1. The molecule has 2 atom stereocenters. The van der Waals surface area contributed by atoms with Gasteiger partial charge in [-0.25, -0.2) is 0 Å². The van der Waals surface area contributed by atoms with Gasteiger partial charge in [-0.1, -0.05) is 20.3 Å². The van der Waals surface area contributed by atoms with Crippen LogP contribution in [0.2, 0.25) is 0 Å². The summed E-state index contributed by atoms with van der Waals surface area (Å²) < 4.78 is 0. The van der Waals surface area contributed by atoms with Crippen LogP contribution in [-0.2, 0) is 4.79 Å². The quantitative estimate of drug-likeness (QED) is 0.725. The van der Waals surface area contributed by atoms with Crippen LogP contribution >= 0.6 is 0 Å². The summed E-state index contributed by atoms with van der Waals surface area (Å²) >= 11 is 0. The lowest BCUT2D eigenvalue weighted by Gasteiger charge is -2.34. The van der Waals surface area contributed by atoms with E-state index >= 15 is 0 Å². The highest BCUT2D eigenvalue weighted by Crippen LogP contribution is 2.10. The summed E-state index contributed by atoms with van der Waals surface area (Å²) in [6, 6.07) is -0.321. The third kappa shape index (κ3) is 3.18. The molecule has 2 N–H and O–H groups in total. The Morgan fingerprint density at radius 1 is 1.33 bits per heavy atom. The Balaban J connectivity index is 2.46. The number of carbonyl (C=O) groups is 1. The highest BCUT2D eigenvalue weighted by Gasteiger charge is 2.26. The minimum Gasteiger partial charge on any atom is -0.339 e. The highest BCUT2D eigenvalue weighted by atomic mass is 16.2. The van der Waals surface area contributed by atoms with Crippen molar-refractivity contribution in [2.75, 3.05) is 33.2 Å². The van der Waals surface area contributed by atoms with E-state index in [0.29, 0.717) is 0 Å². The Kier molecular flexibility index (Phi) is 4.54. The third-order valence-corrected chi connectivity index (χ3v) is 3.36. The fourth-order valence-corrected chi connectivity index (χ4v) is 1.73. The maximum atomic E-state index is 12.0. The van der Waals surface area contributed by atoms with Crippen molar-refractivity contribution in [3.63, 3.8) is 0 Å². The van der Waals surface area contributed by atoms with Crippen molar-refractivity contribution in [3.05, 3.63) is 0 Å². The number of nitrogens with zero attached hydrogens (tertiary/aromatic N) is 2. The predicted octanol–water partition coefficient (Wildman–Crippen LogP) is 0.134. The summed E-state index contributed by atoms with van der Waals surface area (Å²) in [5.41, 5.74) is 5.93. The molecular weight excluding hydrogens is 190 g/mol. The summed E-state index contributed by atoms with van der Waals surface area (Å²) in [6.07, 6.45) is 0.959. The van der Waals surface area contributed by atoms with E-state index in [-0.39, 0.29) is 17.9 Å². The molecule has 1 saturated heterocycles. The second-order valence-electron chi connectivity index (χ2n) is 4.54. The van der Waals surface area contributed by atoms with Gasteiger partial charge in [0.15, 0.2) is 0 Å². The zero-order valence-corrected chi connectivity index (χ0v) is 10.1. The lowest BCUT2D eigenvalue weighted by Crippen LogP contribution is -2.53. The monoisotopic (exact) mass is 213 g/mol. The number of amides is 1. The van der Waals surface area contributed by atoms with Gasteiger partial charge in [-0.05, 0) is 13.0 Å². The molecule has 0 bridgehead atoms. The van der Waals surface area contributed by atoms with Gasteiger partial charge in [-0.15, -0.1) is 0 Å². The molecular formula is C11H23N3O. The number of rotatable bonds is 3. The molecule has 15 heavy (non-hydrogen) atoms. The lowest BCUT2D eigenvalue weighted by atomic mass is 9.98. The van der Waals surface area contributed by atoms with Gasteiger partial charge in [0, 0.05) is 26.2 Å². The molecule has 0 spiro atoms. The number of piperazine rings is 1. The van der Waals surface area contributed by atoms with E-state index in [1.54, 1.807) is 0 Å². The maximum absolute atomic E-state index is 12.0. The first kappa shape index (κ1) is 12.5. The summed E-state index contributed by atoms with van der Waals surface area (Å²) in [4.78, 5) is 16.1. The molecule has 0 aromatic rings. The molecule has 88 valence electrons. The Labute approximate surface area is 92.4 Å². The van der Waals surface area contributed by atoms with Gasteiger partial charge in [0.1, 0.15) is 0 Å². The van der Waals surface area contributed by atoms with Crippen molar-refractivity contribution in [2.24, 2.45) is 11.7 Å². The zero-order chi connectivity index (χ0) is 11.4. The van der Waals surface area contributed by atoms with Crippen LogP contribution in [0.4, 0.5) is 0 Å². The van der Waals surface area contributed by atoms with Crippen LogP contribution in [0.5, 0.6) is 0 Å². The molecule has 1 heterocycles. The second-order valence-corrected chi connectivity index (χ2v) is 4.54. The van der Waals surface area contributed by atoms with Gasteiger partial charge >= 0.3 is 0 Å². The molecule has 0 saturated carbocycles. The molecule has 1 aliphatic heterocycles. The number of hydrogen-bond donors (Lipinski definition) is 1. The van der Waals surface area contributed by atoms with E-state index in [4.69, 9.17) is 5.73 Å². The molecule has 0 radical (unpaired) electrons. The average molecular weight is 213 g/mol. The van der Waals surface area contributed by atoms with Gasteiger partial charge in [-0.3, -0.25) is 4.79 Å². The predicted molar refractivity (Wildman–Crippen MR) is 61.5 cm³/mol. The molecule has 0 aromatic carbocycles. The van der Waals surface area contributed by atoms with Crippen molar-refractivity contribution in [1.82, 2.24) is 9.80 Å². The van der Waals surface area contributed by atoms with Crippen LogP contribution in [0, 0.1) is 5.92 Å². The van der Waals surface area contributed by atoms with Crippen LogP contribution < -0.4 is 5.73 Å². The summed E-state index contributed by atoms with van der Waals surface area (Å²) in [5, 5.41) is 0. The third-order valence-electron chi connectivity index (χ3n) is 3.36. The zero-order valence-electron chi connectivity index (χ0n) is 10.1. The van der Waals surface area contributed by atoms with E-state index in [1.165, 1.54) is 0 Å². The van der Waals surface area contributed by atoms with Crippen molar-refractivity contribution in [2.45, 2.75) is 26.3 Å². The molecule has 4 heteroatoms. The minimum atomic E-state index is -0.321. The fourth-order valence-electron chi connectivity index (χ4n) is 1.73. The van der Waals surface area contributed by atoms with Crippen LogP contribution in [0.3, 0.4) is 0 Å². The lowest BCUT2D eigenvalue weighted by molar-refractivity contribution is -0.135. The summed E-state index contributed by atoms with van der Waals surface area (Å²) in [5.74, 6) is 0.398. The molecule has 0 aliphatic carbocycles. The van der Waals surface area contributed by atoms with Crippen LogP contribution in [-0.4, -0.2) is 55.0 Å². The Morgan fingerprint density at radius 3 is 2.33 bits per heavy atom. The van der Waals surface area contributed by atoms with Crippen LogP contribution in [0.25, 0.3) is 0 Å². The highest BCUT2D eigenvalue weighted by molar-refractivity contribution is 5.82. The fraction of sp³-hybridized carbons (Fsp3) is 0.909. The first-order valence-corrected chi connectivity index (χ1v) is 5.79. The van der Waals surface area contributed by atoms with Crippen molar-refractivity contribution in [1.29, 1.82) is 0 Å². The van der Waals surface area contributed by atoms with Crippen LogP contribution in [0.15, 0.2) is 0 Å². The Bertz CT molecular complexity index is 212. The largest absolute Gasteiger partial charge is 0.339 e. The van der Waals surface area contributed by atoms with Gasteiger partial charge < -0.3 is 15.5 Å². The SMILES string of the molecule is CC[C@@H](C)[C@@H](N)C(=O)N1CCN(C)CC1. The first-order valence-electron chi connectivity index (χ1n) is 5.79. The van der Waals surface area contributed by atoms with E-state index in [0.717, 1.165) is 32.6 Å². The van der Waals surface area contributed by atoms with Crippen molar-refractivity contribution < 1.29 is 4.79 Å². The maximum Gasteiger partial charge on any atom is 0.239 e. The molecule has 0 aromatic heterocycles. The van der Waals surface area contributed by atoms with E-state index in [2.05, 4.69) is 18.9 Å². The molecule has 1 rings (SSSR count). The van der Waals surface area contributed by atoms with Gasteiger partial charge in [0.05, 0.1) is 6.04 Å². The summed E-state index contributed by atoms with van der Waals surface area (Å²) in [6.45, 7) is 7.66. The topological polar surface area (TPSA) is 49.6 Å². The minimum absolute atomic E-state index is 0.123. The Morgan fingerprint density at radius 2 is 1.87 bits per heavy atom. The van der Waals surface area contributed by atoms with Gasteiger partial charge in [0.2, 0.25) is 5.91 Å². The van der Waals surface area contributed by atoms with Gasteiger partial charge in [0.25, 0.3) is 0 Å². The number of likely N-dealkylation sites (N-methyl/N-ethyl adjacent to an activating group) is 1. The summed E-state index contributed by atoms with van der Waals surface area (Å²) in [7, 11) is 2.08. The average Bonchev–Trinajstić information content (AvgIpc) is 2.27.